The van der Waals surface area contributed by atoms with Crippen LogP contribution in [0.4, 0.5) is 22.7 Å². The van der Waals surface area contributed by atoms with Crippen molar-refractivity contribution in [3.63, 3.8) is 0 Å². The fraction of sp³-hybridized carbons (Fsp3) is 0.633. The van der Waals surface area contributed by atoms with Gasteiger partial charge in [-0.25, -0.2) is 15.0 Å². The minimum atomic E-state index is -1.08. The average molecular weight is 728 g/mol. The third-order valence-corrected chi connectivity index (χ3v) is 12.2. The van der Waals surface area contributed by atoms with Crippen molar-refractivity contribution in [1.82, 2.24) is 24.9 Å². The van der Waals surface area contributed by atoms with Crippen LogP contribution in [0.3, 0.4) is 0 Å². The van der Waals surface area contributed by atoms with Gasteiger partial charge in [0.05, 0.1) is 58.3 Å². The normalized spacial score (nSPS) is 19.9. The number of rotatable bonds is 10. The maximum absolute atomic E-state index is 12.5. The lowest BCUT2D eigenvalue weighted by Crippen LogP contribution is -2.47. The van der Waals surface area contributed by atoms with Crippen LogP contribution >= 0.6 is 22.9 Å². The number of nitrogens with one attached hydrogen (secondary N) is 2. The first-order chi connectivity index (χ1) is 22.1. The summed E-state index contributed by atoms with van der Waals surface area (Å²) >= 11 is 7.51. The van der Waals surface area contributed by atoms with Gasteiger partial charge in [0, 0.05) is 62.1 Å². The molecule has 0 radical (unpaired) electrons. The van der Waals surface area contributed by atoms with Crippen molar-refractivity contribution in [3.05, 3.63) is 28.2 Å². The van der Waals surface area contributed by atoms with Gasteiger partial charge in [0.1, 0.15) is 21.4 Å². The molecule has 0 saturated carbocycles. The van der Waals surface area contributed by atoms with Crippen LogP contribution in [0.1, 0.15) is 46.5 Å². The van der Waals surface area contributed by atoms with Gasteiger partial charge >= 0.3 is 0 Å². The van der Waals surface area contributed by atoms with Crippen molar-refractivity contribution in [1.29, 1.82) is 0 Å². The lowest BCUT2D eigenvalue weighted by molar-refractivity contribution is 0.248. The van der Waals surface area contributed by atoms with E-state index in [9.17, 15) is 18.6 Å². The molecule has 17 heteroatoms. The third kappa shape index (κ3) is 8.76. The molecule has 47 heavy (non-hydrogen) atoms. The molecule has 3 aromatic heterocycles. The molecular weight excluding hydrogens is 682 g/mol. The van der Waals surface area contributed by atoms with E-state index in [0.717, 1.165) is 42.7 Å². The first-order valence-corrected chi connectivity index (χ1v) is 19.4. The molecule has 1 fully saturated rings. The van der Waals surface area contributed by atoms with Crippen LogP contribution in [0.15, 0.2) is 21.4 Å². The molecule has 0 aromatic carbocycles. The van der Waals surface area contributed by atoms with Gasteiger partial charge in [0.25, 0.3) is 0 Å². The van der Waals surface area contributed by atoms with Gasteiger partial charge in [0.15, 0.2) is 5.13 Å². The minimum absolute atomic E-state index is 0. The molecule has 2 unspecified atom stereocenters. The second-order valence-corrected chi connectivity index (χ2v) is 16.2. The number of halogens is 1. The molecule has 4 atom stereocenters. The molecule has 0 spiro atoms. The van der Waals surface area contributed by atoms with Crippen molar-refractivity contribution in [3.8, 4) is 0 Å². The fourth-order valence-corrected chi connectivity index (χ4v) is 8.87. The number of piperazine rings is 1. The summed E-state index contributed by atoms with van der Waals surface area (Å²) < 4.78 is 24.4. The van der Waals surface area contributed by atoms with Crippen LogP contribution in [0.25, 0.3) is 0 Å². The summed E-state index contributed by atoms with van der Waals surface area (Å²) in [5.74, 6) is 3.40. The Morgan fingerprint density at radius 3 is 1.83 bits per heavy atom. The summed E-state index contributed by atoms with van der Waals surface area (Å²) in [6.07, 6.45) is 3.20. The predicted octanol–water partition coefficient (Wildman–Crippen LogP) is 3.21. The predicted molar refractivity (Wildman–Crippen MR) is 191 cm³/mol. The summed E-state index contributed by atoms with van der Waals surface area (Å²) in [6.45, 7) is 11.4. The van der Waals surface area contributed by atoms with E-state index in [0.29, 0.717) is 51.7 Å². The number of aromatic nitrogens is 5. The van der Waals surface area contributed by atoms with E-state index in [-0.39, 0.29) is 49.8 Å². The smallest absolute Gasteiger partial charge is 0.227 e. The minimum Gasteiger partial charge on any atom is -0.394 e. The van der Waals surface area contributed by atoms with Crippen LogP contribution in [-0.4, -0.2) is 107 Å². The number of anilines is 4. The highest BCUT2D eigenvalue weighted by molar-refractivity contribution is 7.85. The summed E-state index contributed by atoms with van der Waals surface area (Å²) in [7, 11) is -2.16. The monoisotopic (exact) mass is 727 g/mol. The molecule has 4 N–H and O–H groups in total. The van der Waals surface area contributed by atoms with E-state index < -0.39 is 21.6 Å². The molecule has 6 rings (SSSR count). The fourth-order valence-electron chi connectivity index (χ4n) is 5.36. The topological polar surface area (TPSA) is 170 Å². The number of fused-ring (bicyclic) bond motifs is 2. The van der Waals surface area contributed by atoms with Crippen LogP contribution in [-0.2, 0) is 34.4 Å². The molecule has 0 aliphatic carbocycles. The first kappa shape index (κ1) is 37.3. The molecule has 260 valence electrons. The number of hydrogen-bond donors (Lipinski definition) is 4. The Kier molecular flexibility index (Phi) is 13.3. The highest BCUT2D eigenvalue weighted by atomic mass is 35.5. The zero-order valence-electron chi connectivity index (χ0n) is 26.5. The molecule has 3 aliphatic rings. The number of aliphatic hydroxyl groups excluding tert-OH is 2. The number of hydrogen-bond acceptors (Lipinski definition) is 14. The van der Waals surface area contributed by atoms with E-state index in [1.54, 1.807) is 11.3 Å². The molecule has 13 nitrogen and oxygen atoms in total. The molecular formula is C30H46ClN9O4S3. The molecule has 1 saturated heterocycles. The first-order valence-electron chi connectivity index (χ1n) is 15.5. The van der Waals surface area contributed by atoms with Crippen molar-refractivity contribution in [2.24, 2.45) is 11.8 Å². The van der Waals surface area contributed by atoms with Gasteiger partial charge < -0.3 is 30.6 Å². The molecule has 6 heterocycles. The number of thiazole rings is 1. The Labute approximate surface area is 290 Å². The largest absolute Gasteiger partial charge is 0.394 e. The maximum Gasteiger partial charge on any atom is 0.227 e. The zero-order chi connectivity index (χ0) is 33.0. The SMILES string of the molecule is C.CC(C)[C@H](CO)Nc1nc(Cl)nc2c1S(=O)CC2.CC(C)[C@H](CO)Nc1nc(N2CCN(c3nccs3)CC2)nc2c1S(=O)CC2. The van der Waals surface area contributed by atoms with Crippen molar-refractivity contribution >= 4 is 67.3 Å². The lowest BCUT2D eigenvalue weighted by atomic mass is 10.1. The maximum atomic E-state index is 12.5. The zero-order valence-corrected chi connectivity index (χ0v) is 29.7. The highest BCUT2D eigenvalue weighted by Gasteiger charge is 2.30. The summed E-state index contributed by atoms with van der Waals surface area (Å²) in [6, 6.07) is -0.274. The summed E-state index contributed by atoms with van der Waals surface area (Å²) in [5, 5.41) is 28.7. The highest BCUT2D eigenvalue weighted by Crippen LogP contribution is 2.32. The van der Waals surface area contributed by atoms with Gasteiger partial charge in [0.2, 0.25) is 11.2 Å². The Hall–Kier alpha value is -2.50. The lowest BCUT2D eigenvalue weighted by Gasteiger charge is -2.35. The van der Waals surface area contributed by atoms with Crippen molar-refractivity contribution in [2.45, 2.75) is 69.8 Å². The van der Waals surface area contributed by atoms with E-state index in [1.165, 1.54) is 0 Å². The second-order valence-electron chi connectivity index (χ2n) is 12.0. The quantitative estimate of drug-likeness (QED) is 0.225. The van der Waals surface area contributed by atoms with Crippen molar-refractivity contribution < 1.29 is 18.6 Å². The Morgan fingerprint density at radius 1 is 0.830 bits per heavy atom. The van der Waals surface area contributed by atoms with Crippen LogP contribution < -0.4 is 20.4 Å². The van der Waals surface area contributed by atoms with Crippen molar-refractivity contribution in [2.75, 3.05) is 71.3 Å². The summed E-state index contributed by atoms with van der Waals surface area (Å²) in [4.78, 5) is 27.9. The van der Waals surface area contributed by atoms with Gasteiger partial charge in [-0.1, -0.05) is 35.1 Å². The van der Waals surface area contributed by atoms with Gasteiger partial charge in [-0.2, -0.15) is 9.97 Å². The number of aryl methyl sites for hydroxylation is 2. The van der Waals surface area contributed by atoms with Gasteiger partial charge in [-0.05, 0) is 23.4 Å². The Balaban J connectivity index is 0.000000229. The van der Waals surface area contributed by atoms with Gasteiger partial charge in [-0.15, -0.1) is 11.3 Å². The Bertz CT molecular complexity index is 1540. The third-order valence-electron chi connectivity index (χ3n) is 8.24. The summed E-state index contributed by atoms with van der Waals surface area (Å²) in [5.41, 5.74) is 1.62. The van der Waals surface area contributed by atoms with Crippen LogP contribution in [0.2, 0.25) is 5.28 Å². The second kappa shape index (κ2) is 16.7. The number of aliphatic hydroxyl groups is 2. The van der Waals surface area contributed by atoms with E-state index in [4.69, 9.17) is 21.6 Å². The van der Waals surface area contributed by atoms with E-state index >= 15 is 0 Å². The molecule has 3 aliphatic heterocycles. The molecule has 0 amide bonds. The standard InChI is InChI=1S/C18H26N6O2S2.C11H16ClN3O2S.CH4/c1-12(2)14(11-25)20-16-15-13(3-10-28(15)26)21-17(22-16)23-5-7-24(8-6-23)18-19-4-9-27-18;1-6(2)8(5-16)13-10-9-7(3-4-18(9)17)14-11(12)15-10;/h4,9,12,14,25H,3,5-8,10-11H2,1-2H3,(H,20,21,22);6,8,16H,3-5H2,1-2H3,(H,13,14,15);1H4/t14-,28?;8-,18?;/m00./s1. The van der Waals surface area contributed by atoms with E-state index in [1.807, 2.05) is 39.3 Å². The Morgan fingerprint density at radius 2 is 1.34 bits per heavy atom. The van der Waals surface area contributed by atoms with Crippen LogP contribution in [0.5, 0.6) is 0 Å². The van der Waals surface area contributed by atoms with E-state index in [2.05, 4.69) is 35.4 Å². The average Bonchev–Trinajstić information content (AvgIpc) is 3.79. The molecule has 0 bridgehead atoms. The molecule has 3 aromatic rings. The number of nitrogens with zero attached hydrogens (tertiary/aromatic N) is 7. The van der Waals surface area contributed by atoms with Crippen LogP contribution in [0, 0.1) is 11.8 Å². The van der Waals surface area contributed by atoms with Gasteiger partial charge in [-0.3, -0.25) is 8.42 Å².